The van der Waals surface area contributed by atoms with Gasteiger partial charge in [-0.1, -0.05) is 12.7 Å². The number of ether oxygens (including phenoxy) is 1. The maximum Gasteiger partial charge on any atom is 0.251 e. The predicted molar refractivity (Wildman–Crippen MR) is 83.7 cm³/mol. The summed E-state index contributed by atoms with van der Waals surface area (Å²) in [6.45, 7) is 4.19. The molecule has 1 unspecified atom stereocenters. The molecule has 5 heteroatoms. The van der Waals surface area contributed by atoms with E-state index in [2.05, 4.69) is 11.9 Å². The van der Waals surface area contributed by atoms with Gasteiger partial charge in [0.25, 0.3) is 5.91 Å². The van der Waals surface area contributed by atoms with Gasteiger partial charge < -0.3 is 15.2 Å². The van der Waals surface area contributed by atoms with E-state index in [4.69, 9.17) is 4.74 Å². The Bertz CT molecular complexity index is 578. The molecule has 21 heavy (non-hydrogen) atoms. The zero-order valence-corrected chi connectivity index (χ0v) is 12.3. The van der Waals surface area contributed by atoms with E-state index in [9.17, 15) is 9.90 Å². The van der Waals surface area contributed by atoms with Crippen molar-refractivity contribution in [3.05, 3.63) is 64.9 Å². The maximum atomic E-state index is 12.0. The fourth-order valence-electron chi connectivity index (χ4n) is 1.73. The van der Waals surface area contributed by atoms with Crippen molar-refractivity contribution < 1.29 is 14.6 Å². The summed E-state index contributed by atoms with van der Waals surface area (Å²) in [5.41, 5.74) is 1.34. The molecule has 2 rings (SSSR count). The average molecular weight is 303 g/mol. The van der Waals surface area contributed by atoms with E-state index in [-0.39, 0.29) is 12.5 Å². The van der Waals surface area contributed by atoms with Crippen LogP contribution >= 0.6 is 11.3 Å². The molecule has 0 aliphatic rings. The van der Waals surface area contributed by atoms with Crippen LogP contribution in [-0.2, 0) is 0 Å². The monoisotopic (exact) mass is 303 g/mol. The largest absolute Gasteiger partial charge is 0.490 e. The summed E-state index contributed by atoms with van der Waals surface area (Å²) in [5.74, 6) is 0.462. The quantitative estimate of drug-likeness (QED) is 0.773. The molecule has 0 fully saturated rings. The van der Waals surface area contributed by atoms with Gasteiger partial charge in [-0.15, -0.1) is 0 Å². The van der Waals surface area contributed by atoms with Gasteiger partial charge in [-0.05, 0) is 46.7 Å². The van der Waals surface area contributed by atoms with Crippen LogP contribution in [0.15, 0.2) is 53.7 Å². The van der Waals surface area contributed by atoms with Gasteiger partial charge in [0.1, 0.15) is 12.4 Å². The molecule has 1 aromatic carbocycles. The summed E-state index contributed by atoms with van der Waals surface area (Å²) in [5, 5.41) is 16.4. The van der Waals surface area contributed by atoms with Crippen LogP contribution in [0.5, 0.6) is 5.75 Å². The lowest BCUT2D eigenvalue weighted by Crippen LogP contribution is -2.28. The van der Waals surface area contributed by atoms with Gasteiger partial charge in [0.2, 0.25) is 0 Å². The summed E-state index contributed by atoms with van der Waals surface area (Å²) in [6, 6.07) is 8.67. The van der Waals surface area contributed by atoms with Gasteiger partial charge in [0.15, 0.2) is 0 Å². The lowest BCUT2D eigenvalue weighted by Gasteiger charge is -2.11. The summed E-state index contributed by atoms with van der Waals surface area (Å²) < 4.78 is 5.35. The number of hydrogen-bond donors (Lipinski definition) is 2. The number of aliphatic hydroxyl groups is 1. The number of hydrogen-bond acceptors (Lipinski definition) is 4. The van der Waals surface area contributed by atoms with Crippen LogP contribution in [0.4, 0.5) is 0 Å². The van der Waals surface area contributed by atoms with Gasteiger partial charge in [0, 0.05) is 12.1 Å². The molecule has 1 atom stereocenters. The third-order valence-corrected chi connectivity index (χ3v) is 3.57. The van der Waals surface area contributed by atoms with Gasteiger partial charge in [0.05, 0.1) is 6.10 Å². The molecule has 1 amide bonds. The van der Waals surface area contributed by atoms with Crippen molar-refractivity contribution in [2.24, 2.45) is 0 Å². The molecule has 0 aliphatic carbocycles. The Kier molecular flexibility index (Phi) is 5.54. The number of rotatable bonds is 7. The number of benzene rings is 1. The SMILES string of the molecule is C=CCOc1ccc(C(=O)NCC(O)c2ccsc2)cc1. The zero-order chi connectivity index (χ0) is 15.1. The highest BCUT2D eigenvalue weighted by molar-refractivity contribution is 7.07. The van der Waals surface area contributed by atoms with Crippen molar-refractivity contribution in [2.75, 3.05) is 13.2 Å². The highest BCUT2D eigenvalue weighted by Crippen LogP contribution is 2.16. The van der Waals surface area contributed by atoms with Crippen molar-refractivity contribution in [1.82, 2.24) is 5.32 Å². The lowest BCUT2D eigenvalue weighted by atomic mass is 10.1. The predicted octanol–water partition coefficient (Wildman–Crippen LogP) is 2.78. The van der Waals surface area contributed by atoms with Crippen molar-refractivity contribution in [3.8, 4) is 5.75 Å². The number of aliphatic hydroxyl groups excluding tert-OH is 1. The zero-order valence-electron chi connectivity index (χ0n) is 11.5. The third kappa shape index (κ3) is 4.44. The maximum absolute atomic E-state index is 12.0. The highest BCUT2D eigenvalue weighted by atomic mass is 32.1. The first-order valence-corrected chi connectivity index (χ1v) is 7.47. The molecule has 0 radical (unpaired) electrons. The Balaban J connectivity index is 1.86. The van der Waals surface area contributed by atoms with Crippen LogP contribution in [0.3, 0.4) is 0 Å². The summed E-state index contributed by atoms with van der Waals surface area (Å²) >= 11 is 1.51. The number of nitrogens with one attached hydrogen (secondary N) is 1. The van der Waals surface area contributed by atoms with E-state index in [1.54, 1.807) is 30.3 Å². The fraction of sp³-hybridized carbons (Fsp3) is 0.188. The molecule has 4 nitrogen and oxygen atoms in total. The molecule has 2 aromatic rings. The van der Waals surface area contributed by atoms with Gasteiger partial charge >= 0.3 is 0 Å². The highest BCUT2D eigenvalue weighted by Gasteiger charge is 2.11. The second-order valence-corrected chi connectivity index (χ2v) is 5.19. The van der Waals surface area contributed by atoms with Crippen LogP contribution in [0.25, 0.3) is 0 Å². The number of amides is 1. The van der Waals surface area contributed by atoms with Crippen LogP contribution in [-0.4, -0.2) is 24.2 Å². The Hall–Kier alpha value is -2.11. The van der Waals surface area contributed by atoms with E-state index in [1.807, 2.05) is 16.8 Å². The first-order valence-electron chi connectivity index (χ1n) is 6.53. The van der Waals surface area contributed by atoms with Gasteiger partial charge in [-0.25, -0.2) is 0 Å². The van der Waals surface area contributed by atoms with E-state index >= 15 is 0 Å². The Morgan fingerprint density at radius 1 is 1.38 bits per heavy atom. The third-order valence-electron chi connectivity index (χ3n) is 2.87. The number of carbonyl (C=O) groups is 1. The van der Waals surface area contributed by atoms with Crippen molar-refractivity contribution in [3.63, 3.8) is 0 Å². The molecule has 0 aliphatic heterocycles. The van der Waals surface area contributed by atoms with Crippen LogP contribution in [0, 0.1) is 0 Å². The van der Waals surface area contributed by atoms with Crippen LogP contribution in [0.1, 0.15) is 22.0 Å². The van der Waals surface area contributed by atoms with Gasteiger partial charge in [-0.2, -0.15) is 11.3 Å². The molecule has 0 saturated carbocycles. The second kappa shape index (κ2) is 7.61. The van der Waals surface area contributed by atoms with Crippen LogP contribution in [0.2, 0.25) is 0 Å². The van der Waals surface area contributed by atoms with E-state index in [0.717, 1.165) is 5.56 Å². The van der Waals surface area contributed by atoms with E-state index < -0.39 is 6.10 Å². The van der Waals surface area contributed by atoms with E-state index in [1.165, 1.54) is 11.3 Å². The van der Waals surface area contributed by atoms with Crippen LogP contribution < -0.4 is 10.1 Å². The molecule has 0 bridgehead atoms. The molecular formula is C16H17NO3S. The molecule has 2 N–H and O–H groups in total. The minimum absolute atomic E-state index is 0.185. The molecule has 0 spiro atoms. The summed E-state index contributed by atoms with van der Waals surface area (Å²) in [4.78, 5) is 12.0. The Labute approximate surface area is 127 Å². The minimum atomic E-state index is -0.685. The molecular weight excluding hydrogens is 286 g/mol. The normalized spacial score (nSPS) is 11.7. The number of thiophene rings is 1. The fourth-order valence-corrected chi connectivity index (χ4v) is 2.44. The second-order valence-electron chi connectivity index (χ2n) is 4.41. The molecule has 1 aromatic heterocycles. The Morgan fingerprint density at radius 3 is 2.76 bits per heavy atom. The van der Waals surface area contributed by atoms with E-state index in [0.29, 0.717) is 17.9 Å². The van der Waals surface area contributed by atoms with Gasteiger partial charge in [-0.3, -0.25) is 4.79 Å². The molecule has 110 valence electrons. The summed E-state index contributed by atoms with van der Waals surface area (Å²) in [7, 11) is 0. The molecule has 0 saturated heterocycles. The number of carbonyl (C=O) groups excluding carboxylic acids is 1. The van der Waals surface area contributed by atoms with Crippen molar-refractivity contribution in [1.29, 1.82) is 0 Å². The summed E-state index contributed by atoms with van der Waals surface area (Å²) in [6.07, 6.45) is 0.974. The first kappa shape index (κ1) is 15.3. The lowest BCUT2D eigenvalue weighted by molar-refractivity contribution is 0.0916. The standard InChI is InChI=1S/C16H17NO3S/c1-2-8-20-14-5-3-12(4-6-14)16(19)17-10-15(18)13-7-9-21-11-13/h2-7,9,11,15,18H,1,8,10H2,(H,17,19). The Morgan fingerprint density at radius 2 is 2.14 bits per heavy atom. The van der Waals surface area contributed by atoms with Crippen molar-refractivity contribution in [2.45, 2.75) is 6.10 Å². The van der Waals surface area contributed by atoms with Crippen molar-refractivity contribution >= 4 is 17.2 Å². The topological polar surface area (TPSA) is 58.6 Å². The first-order chi connectivity index (χ1) is 10.2. The molecule has 1 heterocycles. The average Bonchev–Trinajstić information content (AvgIpc) is 3.05. The smallest absolute Gasteiger partial charge is 0.251 e. The minimum Gasteiger partial charge on any atom is -0.490 e.